The molecule has 1 fully saturated rings. The van der Waals surface area contributed by atoms with Crippen LogP contribution in [0.15, 0.2) is 54.6 Å². The highest BCUT2D eigenvalue weighted by atomic mass is 35.5. The van der Waals surface area contributed by atoms with E-state index in [9.17, 15) is 4.79 Å². The maximum Gasteiger partial charge on any atom is 0.253 e. The fourth-order valence-corrected chi connectivity index (χ4v) is 3.81. The number of hydrogen-bond acceptors (Lipinski definition) is 3. The van der Waals surface area contributed by atoms with E-state index in [1.165, 1.54) is 0 Å². The monoisotopic (exact) mass is 379 g/mol. The number of nitrogens with zero attached hydrogens (tertiary/aromatic N) is 3. The molecule has 0 radical (unpaired) electrons. The number of hydrogen-bond donors (Lipinski definition) is 0. The fraction of sp³-hybridized carbons (Fsp3) is 0.273. The quantitative estimate of drug-likeness (QED) is 0.685. The Bertz CT molecular complexity index is 966. The molecule has 1 saturated heterocycles. The lowest BCUT2D eigenvalue weighted by molar-refractivity contribution is 0.0627. The van der Waals surface area contributed by atoms with Gasteiger partial charge in [0.25, 0.3) is 5.91 Å². The molecule has 1 aliphatic heterocycles. The number of amides is 1. The lowest BCUT2D eigenvalue weighted by Crippen LogP contribution is -2.48. The van der Waals surface area contributed by atoms with E-state index in [1.807, 2.05) is 60.4 Å². The Morgan fingerprint density at radius 2 is 1.67 bits per heavy atom. The van der Waals surface area contributed by atoms with Crippen molar-refractivity contribution in [1.29, 1.82) is 0 Å². The normalized spacial score (nSPS) is 15.3. The molecular formula is C22H22ClN3O. The summed E-state index contributed by atoms with van der Waals surface area (Å²) in [5.41, 5.74) is 3.72. The van der Waals surface area contributed by atoms with Crippen molar-refractivity contribution in [3.8, 4) is 0 Å². The van der Waals surface area contributed by atoms with Gasteiger partial charge in [-0.2, -0.15) is 0 Å². The van der Waals surface area contributed by atoms with E-state index in [4.69, 9.17) is 16.6 Å². The molecule has 5 heteroatoms. The minimum atomic E-state index is 0.105. The molecule has 27 heavy (non-hydrogen) atoms. The lowest BCUT2D eigenvalue weighted by Gasteiger charge is -2.34. The molecule has 0 spiro atoms. The van der Waals surface area contributed by atoms with Gasteiger partial charge in [-0.25, -0.2) is 4.98 Å². The molecule has 4 rings (SSSR count). The fourth-order valence-electron chi connectivity index (χ4n) is 3.61. The zero-order valence-electron chi connectivity index (χ0n) is 15.4. The smallest absolute Gasteiger partial charge is 0.253 e. The van der Waals surface area contributed by atoms with Crippen LogP contribution >= 0.6 is 11.6 Å². The second-order valence-corrected chi connectivity index (χ2v) is 7.33. The summed E-state index contributed by atoms with van der Waals surface area (Å²) in [6, 6.07) is 17.6. The maximum absolute atomic E-state index is 12.6. The van der Waals surface area contributed by atoms with Crippen LogP contribution in [0.1, 0.15) is 21.6 Å². The topological polar surface area (TPSA) is 36.4 Å². The van der Waals surface area contributed by atoms with Crippen LogP contribution in [-0.4, -0.2) is 46.9 Å². The molecule has 0 saturated carbocycles. The number of aryl methyl sites for hydroxylation is 1. The van der Waals surface area contributed by atoms with Gasteiger partial charge in [0.05, 0.1) is 16.2 Å². The average molecular weight is 380 g/mol. The van der Waals surface area contributed by atoms with E-state index < -0.39 is 0 Å². The number of carbonyl (C=O) groups excluding carboxylic acids is 1. The first-order chi connectivity index (χ1) is 13.1. The van der Waals surface area contributed by atoms with Crippen molar-refractivity contribution in [3.63, 3.8) is 0 Å². The minimum absolute atomic E-state index is 0.105. The van der Waals surface area contributed by atoms with E-state index in [-0.39, 0.29) is 5.91 Å². The second-order valence-electron chi connectivity index (χ2n) is 6.95. The number of halogens is 1. The van der Waals surface area contributed by atoms with Gasteiger partial charge < -0.3 is 4.90 Å². The Balaban J connectivity index is 1.45. The Morgan fingerprint density at radius 1 is 1.00 bits per heavy atom. The van der Waals surface area contributed by atoms with Crippen LogP contribution in [0, 0.1) is 6.92 Å². The van der Waals surface area contributed by atoms with Crippen LogP contribution in [0.4, 0.5) is 0 Å². The van der Waals surface area contributed by atoms with Crippen molar-refractivity contribution >= 4 is 28.4 Å². The number of fused-ring (bicyclic) bond motifs is 1. The van der Waals surface area contributed by atoms with Gasteiger partial charge in [0.2, 0.25) is 0 Å². The molecule has 1 aromatic heterocycles. The lowest BCUT2D eigenvalue weighted by atomic mass is 10.1. The van der Waals surface area contributed by atoms with Crippen LogP contribution in [-0.2, 0) is 6.54 Å². The van der Waals surface area contributed by atoms with Gasteiger partial charge in [-0.1, -0.05) is 48.0 Å². The first-order valence-corrected chi connectivity index (χ1v) is 9.61. The van der Waals surface area contributed by atoms with Gasteiger partial charge in [0.1, 0.15) is 0 Å². The summed E-state index contributed by atoms with van der Waals surface area (Å²) in [4.78, 5) is 21.6. The average Bonchev–Trinajstić information content (AvgIpc) is 2.72. The summed E-state index contributed by atoms with van der Waals surface area (Å²) in [6.07, 6.45) is 0. The van der Waals surface area contributed by atoms with Crippen LogP contribution in [0.3, 0.4) is 0 Å². The summed E-state index contributed by atoms with van der Waals surface area (Å²) in [7, 11) is 0. The highest BCUT2D eigenvalue weighted by Gasteiger charge is 2.23. The Labute approximate surface area is 164 Å². The van der Waals surface area contributed by atoms with E-state index in [1.54, 1.807) is 0 Å². The van der Waals surface area contributed by atoms with Crippen molar-refractivity contribution in [3.05, 3.63) is 76.4 Å². The Hall–Kier alpha value is -2.43. The number of rotatable bonds is 3. The molecular weight excluding hydrogens is 358 g/mol. The van der Waals surface area contributed by atoms with Crippen LogP contribution in [0.5, 0.6) is 0 Å². The van der Waals surface area contributed by atoms with Crippen molar-refractivity contribution in [1.82, 2.24) is 14.8 Å². The maximum atomic E-state index is 12.6. The largest absolute Gasteiger partial charge is 0.336 e. The van der Waals surface area contributed by atoms with E-state index in [0.29, 0.717) is 6.54 Å². The standard InChI is InChI=1S/C22H22ClN3O/c1-16-18-9-5-6-10-19(18)24-20(21(16)23)15-25-11-13-26(14-12-25)22(27)17-7-3-2-4-8-17/h2-10H,11-15H2,1H3. The van der Waals surface area contributed by atoms with Crippen LogP contribution < -0.4 is 0 Å². The van der Waals surface area contributed by atoms with Gasteiger partial charge in [-0.3, -0.25) is 9.69 Å². The Kier molecular flexibility index (Phi) is 5.10. The summed E-state index contributed by atoms with van der Waals surface area (Å²) in [5.74, 6) is 0.105. The van der Waals surface area contributed by atoms with Crippen LogP contribution in [0.2, 0.25) is 5.02 Å². The predicted molar refractivity (Wildman–Crippen MR) is 109 cm³/mol. The molecule has 0 unspecified atom stereocenters. The third kappa shape index (κ3) is 3.68. The number of aromatic nitrogens is 1. The van der Waals surface area contributed by atoms with E-state index in [2.05, 4.69) is 11.0 Å². The van der Waals surface area contributed by atoms with Gasteiger partial charge >= 0.3 is 0 Å². The van der Waals surface area contributed by atoms with Gasteiger partial charge in [0, 0.05) is 43.7 Å². The second kappa shape index (κ2) is 7.67. The summed E-state index contributed by atoms with van der Waals surface area (Å²) in [6.45, 7) is 5.84. The van der Waals surface area contributed by atoms with Gasteiger partial charge in [0.15, 0.2) is 0 Å². The van der Waals surface area contributed by atoms with E-state index in [0.717, 1.165) is 58.9 Å². The van der Waals surface area contributed by atoms with Gasteiger partial charge in [-0.05, 0) is 30.7 Å². The highest BCUT2D eigenvalue weighted by molar-refractivity contribution is 6.32. The predicted octanol–water partition coefficient (Wildman–Crippen LogP) is 4.15. The summed E-state index contributed by atoms with van der Waals surface area (Å²) in [5, 5.41) is 1.85. The van der Waals surface area contributed by atoms with Crippen molar-refractivity contribution < 1.29 is 4.79 Å². The molecule has 1 aliphatic rings. The molecule has 0 atom stereocenters. The number of benzene rings is 2. The molecule has 4 nitrogen and oxygen atoms in total. The molecule has 1 amide bonds. The number of piperazine rings is 1. The molecule has 138 valence electrons. The third-order valence-electron chi connectivity index (χ3n) is 5.20. The van der Waals surface area contributed by atoms with Gasteiger partial charge in [-0.15, -0.1) is 0 Å². The zero-order valence-corrected chi connectivity index (χ0v) is 16.1. The van der Waals surface area contributed by atoms with Crippen LogP contribution in [0.25, 0.3) is 10.9 Å². The SMILES string of the molecule is Cc1c(Cl)c(CN2CCN(C(=O)c3ccccc3)CC2)nc2ccccc12. The molecule has 3 aromatic rings. The molecule has 2 aromatic carbocycles. The third-order valence-corrected chi connectivity index (χ3v) is 5.70. The number of pyridine rings is 1. The number of carbonyl (C=O) groups is 1. The Morgan fingerprint density at radius 3 is 2.41 bits per heavy atom. The van der Waals surface area contributed by atoms with Crippen molar-refractivity contribution in [2.24, 2.45) is 0 Å². The van der Waals surface area contributed by atoms with E-state index >= 15 is 0 Å². The first-order valence-electron chi connectivity index (χ1n) is 9.24. The molecule has 0 aliphatic carbocycles. The summed E-state index contributed by atoms with van der Waals surface area (Å²) < 4.78 is 0. The molecule has 0 N–H and O–H groups in total. The number of para-hydroxylation sites is 1. The minimum Gasteiger partial charge on any atom is -0.336 e. The summed E-state index contributed by atoms with van der Waals surface area (Å²) >= 11 is 6.60. The van der Waals surface area contributed by atoms with Crippen molar-refractivity contribution in [2.75, 3.05) is 26.2 Å². The first kappa shape index (κ1) is 18.0. The highest BCUT2D eigenvalue weighted by Crippen LogP contribution is 2.27. The zero-order chi connectivity index (χ0) is 18.8. The molecule has 2 heterocycles. The molecule has 0 bridgehead atoms. The van der Waals surface area contributed by atoms with Crippen molar-refractivity contribution in [2.45, 2.75) is 13.5 Å².